The Morgan fingerprint density at radius 1 is 1.59 bits per heavy atom. The van der Waals surface area contributed by atoms with Crippen molar-refractivity contribution in [3.05, 3.63) is 23.0 Å². The molecule has 5 N–H and O–H groups in total. The minimum absolute atomic E-state index is 0.0150. The van der Waals surface area contributed by atoms with Gasteiger partial charge < -0.3 is 24.8 Å². The summed E-state index contributed by atoms with van der Waals surface area (Å²) in [5, 5.41) is 20.9. The second-order valence-corrected chi connectivity index (χ2v) is 8.24. The molecule has 6 atom stereocenters. The Morgan fingerprint density at radius 3 is 2.93 bits per heavy atom. The second-order valence-electron chi connectivity index (χ2n) is 6.68. The van der Waals surface area contributed by atoms with Crippen LogP contribution in [-0.4, -0.2) is 71.1 Å². The molecule has 2 aromatic rings. The molecule has 0 spiro atoms. The van der Waals surface area contributed by atoms with Crippen molar-refractivity contribution in [3.63, 3.8) is 0 Å². The lowest BCUT2D eigenvalue weighted by Gasteiger charge is -2.24. The molecule has 13 nitrogen and oxygen atoms in total. The van der Waals surface area contributed by atoms with Crippen LogP contribution >= 0.6 is 7.75 Å². The van der Waals surface area contributed by atoms with Gasteiger partial charge in [0.05, 0.1) is 19.3 Å². The fraction of sp³-hybridized carbons (Fsp3) is 0.571. The van der Waals surface area contributed by atoms with Gasteiger partial charge in [-0.3, -0.25) is 18.7 Å². The van der Waals surface area contributed by atoms with E-state index in [1.54, 1.807) is 0 Å². The Balaban J connectivity index is 1.78. The van der Waals surface area contributed by atoms with Crippen LogP contribution in [0, 0.1) is 0 Å². The van der Waals surface area contributed by atoms with Gasteiger partial charge in [-0.25, -0.2) is 24.0 Å². The Bertz CT molecular complexity index is 1020. The molecule has 0 amide bonds. The Morgan fingerprint density at radius 2 is 2.28 bits per heavy atom. The fourth-order valence-corrected chi connectivity index (χ4v) is 3.92. The normalized spacial score (nSPS) is 30.3. The van der Waals surface area contributed by atoms with Gasteiger partial charge >= 0.3 is 13.7 Å². The average Bonchev–Trinajstić information content (AvgIpc) is 3.14. The monoisotopic (exact) mass is 435 g/mol. The van der Waals surface area contributed by atoms with Crippen LogP contribution in [0.1, 0.15) is 20.1 Å². The molecule has 3 rings (SSSR count). The minimum Gasteiger partial charge on any atom is -0.480 e. The van der Waals surface area contributed by atoms with E-state index in [0.717, 1.165) is 31.1 Å². The molecule has 0 aliphatic carbocycles. The summed E-state index contributed by atoms with van der Waals surface area (Å²) >= 11 is 0. The SMILES string of the molecule is C[C@H](NP(=O)(O)OC[C@H]1O[C@@H](n2cnc3c(=O)[nH]cnc32)[C@](C)(F)[C@@H]1O)C(=O)O. The van der Waals surface area contributed by atoms with Crippen molar-refractivity contribution < 1.29 is 38.1 Å². The number of H-pyrrole nitrogens is 1. The zero-order valence-corrected chi connectivity index (χ0v) is 16.1. The predicted molar refractivity (Wildman–Crippen MR) is 93.6 cm³/mol. The van der Waals surface area contributed by atoms with Gasteiger partial charge in [0, 0.05) is 0 Å². The maximum atomic E-state index is 15.2. The highest BCUT2D eigenvalue weighted by atomic mass is 31.2. The summed E-state index contributed by atoms with van der Waals surface area (Å²) in [5.74, 6) is -1.38. The van der Waals surface area contributed by atoms with E-state index in [1.165, 1.54) is 0 Å². The lowest BCUT2D eigenvalue weighted by atomic mass is 9.98. The number of aliphatic hydroxyl groups is 1. The van der Waals surface area contributed by atoms with Gasteiger partial charge in [-0.05, 0) is 13.8 Å². The number of carbonyl (C=O) groups is 1. The largest absolute Gasteiger partial charge is 0.480 e. The molecule has 0 radical (unpaired) electrons. The van der Waals surface area contributed by atoms with Crippen LogP contribution in [-0.2, 0) is 18.6 Å². The maximum Gasteiger partial charge on any atom is 0.403 e. The standard InChI is InChI=1S/C14H19FN5O8P/c1-6(12(23)24)19-29(25,26)27-3-7-9(21)14(2,15)13(28-7)20-5-18-8-10(20)16-4-17-11(8)22/h4-7,9,13,21H,3H2,1-2H3,(H,23,24)(H,16,17,22)(H2,19,25,26)/t6-,7+,9+,13+,14+/m0/s1. The number of aromatic nitrogens is 4. The third-order valence-corrected chi connectivity index (χ3v) is 5.69. The molecule has 160 valence electrons. The summed E-state index contributed by atoms with van der Waals surface area (Å²) in [6.45, 7) is 1.46. The highest BCUT2D eigenvalue weighted by Gasteiger charge is 2.55. The molecule has 1 aliphatic heterocycles. The van der Waals surface area contributed by atoms with E-state index in [0.29, 0.717) is 0 Å². The summed E-state index contributed by atoms with van der Waals surface area (Å²) in [6, 6.07) is -1.39. The van der Waals surface area contributed by atoms with Crippen molar-refractivity contribution in [2.24, 2.45) is 0 Å². The number of nitrogens with zero attached hydrogens (tertiary/aromatic N) is 3. The quantitative estimate of drug-likeness (QED) is 0.345. The minimum atomic E-state index is -4.57. The lowest BCUT2D eigenvalue weighted by Crippen LogP contribution is -2.41. The first kappa shape index (κ1) is 21.5. The predicted octanol–water partition coefficient (Wildman–Crippen LogP) is -0.714. The van der Waals surface area contributed by atoms with E-state index in [9.17, 15) is 24.2 Å². The van der Waals surface area contributed by atoms with Crippen molar-refractivity contribution in [2.75, 3.05) is 6.61 Å². The average molecular weight is 435 g/mol. The number of carboxylic acids is 1. The van der Waals surface area contributed by atoms with Gasteiger partial charge in [-0.1, -0.05) is 0 Å². The van der Waals surface area contributed by atoms with Gasteiger partial charge in [0.25, 0.3) is 5.56 Å². The molecular weight excluding hydrogens is 416 g/mol. The summed E-state index contributed by atoms with van der Waals surface area (Å²) in [6.07, 6.45) is -2.39. The lowest BCUT2D eigenvalue weighted by molar-refractivity contribution is -0.138. The molecule has 15 heteroatoms. The summed E-state index contributed by atoms with van der Waals surface area (Å²) in [7, 11) is -4.57. The van der Waals surface area contributed by atoms with Crippen LogP contribution in [0.25, 0.3) is 11.2 Å². The number of imidazole rings is 1. The molecule has 1 unspecified atom stereocenters. The van der Waals surface area contributed by atoms with Crippen molar-refractivity contribution in [1.29, 1.82) is 0 Å². The number of aromatic amines is 1. The number of hydrogen-bond acceptors (Lipinski definition) is 8. The number of carboxylic acid groups (broad SMARTS) is 1. The van der Waals surface area contributed by atoms with Gasteiger partial charge in [-0.15, -0.1) is 0 Å². The van der Waals surface area contributed by atoms with Crippen molar-refractivity contribution >= 4 is 24.9 Å². The highest BCUT2D eigenvalue weighted by molar-refractivity contribution is 7.50. The van der Waals surface area contributed by atoms with Gasteiger partial charge in [0.2, 0.25) is 0 Å². The molecule has 2 aromatic heterocycles. The topological polar surface area (TPSA) is 189 Å². The third-order valence-electron chi connectivity index (χ3n) is 4.48. The zero-order valence-electron chi connectivity index (χ0n) is 15.2. The van der Waals surface area contributed by atoms with Crippen LogP contribution in [0.5, 0.6) is 0 Å². The number of hydrogen-bond donors (Lipinski definition) is 5. The Hall–Kier alpha value is -2.22. The third kappa shape index (κ3) is 4.08. The Labute approximate surface area is 162 Å². The number of halogens is 1. The second kappa shape index (κ2) is 7.55. The van der Waals surface area contributed by atoms with E-state index in [-0.39, 0.29) is 11.2 Å². The first-order valence-electron chi connectivity index (χ1n) is 8.34. The zero-order chi connectivity index (χ0) is 21.6. The molecule has 0 saturated carbocycles. The van der Waals surface area contributed by atoms with Crippen LogP contribution in [0.4, 0.5) is 4.39 Å². The number of aliphatic hydroxyl groups excluding tert-OH is 1. The van der Waals surface area contributed by atoms with Gasteiger partial charge in [0.15, 0.2) is 23.1 Å². The van der Waals surface area contributed by atoms with E-state index in [2.05, 4.69) is 15.0 Å². The van der Waals surface area contributed by atoms with Crippen molar-refractivity contribution in [1.82, 2.24) is 24.6 Å². The van der Waals surface area contributed by atoms with Gasteiger partial charge in [0.1, 0.15) is 18.2 Å². The van der Waals surface area contributed by atoms with E-state index < -0.39 is 56.0 Å². The van der Waals surface area contributed by atoms with E-state index in [1.807, 2.05) is 5.09 Å². The number of alkyl halides is 1. The smallest absolute Gasteiger partial charge is 0.403 e. The first-order chi connectivity index (χ1) is 13.4. The van der Waals surface area contributed by atoms with Crippen LogP contribution < -0.4 is 10.6 Å². The molecule has 3 heterocycles. The maximum absolute atomic E-state index is 15.2. The number of ether oxygens (including phenoxy) is 1. The molecular formula is C14H19FN5O8P. The summed E-state index contributed by atoms with van der Waals surface area (Å²) in [4.78, 5) is 42.4. The molecule has 29 heavy (non-hydrogen) atoms. The Kier molecular flexibility index (Phi) is 5.60. The molecule has 1 saturated heterocycles. The highest BCUT2D eigenvalue weighted by Crippen LogP contribution is 2.44. The molecule has 1 aliphatic rings. The summed E-state index contributed by atoms with van der Waals surface area (Å²) < 4.78 is 38.5. The molecule has 1 fully saturated rings. The van der Waals surface area contributed by atoms with Gasteiger partial charge in [-0.2, -0.15) is 0 Å². The van der Waals surface area contributed by atoms with Crippen LogP contribution in [0.15, 0.2) is 17.4 Å². The first-order valence-corrected chi connectivity index (χ1v) is 9.92. The number of aliphatic carboxylic acids is 1. The summed E-state index contributed by atoms with van der Waals surface area (Å²) in [5.41, 5.74) is -2.99. The fourth-order valence-electron chi connectivity index (χ4n) is 2.90. The molecule has 0 bridgehead atoms. The molecule has 0 aromatic carbocycles. The number of rotatable bonds is 7. The van der Waals surface area contributed by atoms with Crippen LogP contribution in [0.3, 0.4) is 0 Å². The van der Waals surface area contributed by atoms with Crippen molar-refractivity contribution in [3.8, 4) is 0 Å². The van der Waals surface area contributed by atoms with Crippen LogP contribution in [0.2, 0.25) is 0 Å². The van der Waals surface area contributed by atoms with E-state index in [4.69, 9.17) is 14.4 Å². The van der Waals surface area contributed by atoms with Crippen molar-refractivity contribution in [2.45, 2.75) is 44.0 Å². The number of fused-ring (bicyclic) bond motifs is 1. The number of nitrogens with one attached hydrogen (secondary N) is 2. The van der Waals surface area contributed by atoms with E-state index >= 15 is 4.39 Å².